The number of likely N-dealkylation sites (N-methyl/N-ethyl adjacent to an activating group) is 1. The second kappa shape index (κ2) is 8.00. The quantitative estimate of drug-likeness (QED) is 0.666. The number of hydrogen-bond donors (Lipinski definition) is 0. The highest BCUT2D eigenvalue weighted by Crippen LogP contribution is 2.34. The topological polar surface area (TPSA) is 39.9 Å². The fourth-order valence-electron chi connectivity index (χ4n) is 5.06. The third-order valence-electron chi connectivity index (χ3n) is 6.86. The molecule has 2 saturated heterocycles. The van der Waals surface area contributed by atoms with Gasteiger partial charge < -0.3 is 9.80 Å². The van der Waals surface area contributed by atoms with Gasteiger partial charge in [0.2, 0.25) is 0 Å². The number of nitrogens with zero attached hydrogens (tertiary/aromatic N) is 6. The van der Waals surface area contributed by atoms with Gasteiger partial charge in [0, 0.05) is 44.6 Å². The van der Waals surface area contributed by atoms with E-state index in [-0.39, 0.29) is 0 Å². The molecular weight excluding hydrogens is 372 g/mol. The van der Waals surface area contributed by atoms with Gasteiger partial charge >= 0.3 is 0 Å². The minimum absolute atomic E-state index is 0.396. The Morgan fingerprint density at radius 3 is 2.63 bits per heavy atom. The number of piperazine rings is 1. The van der Waals surface area contributed by atoms with Crippen LogP contribution in [0, 0.1) is 13.8 Å². The number of likely N-dealkylation sites (tertiary alicyclic amines) is 1. The van der Waals surface area contributed by atoms with Gasteiger partial charge in [-0.05, 0) is 64.0 Å². The summed E-state index contributed by atoms with van der Waals surface area (Å²) in [6, 6.07) is 11.1. The Bertz CT molecular complexity index is 1030. The Kier molecular flexibility index (Phi) is 5.21. The van der Waals surface area contributed by atoms with E-state index in [4.69, 9.17) is 9.97 Å². The molecule has 0 spiro atoms. The maximum Gasteiger partial charge on any atom is 0.138 e. The Balaban J connectivity index is 1.45. The van der Waals surface area contributed by atoms with Crippen molar-refractivity contribution in [2.45, 2.75) is 39.3 Å². The van der Waals surface area contributed by atoms with Crippen LogP contribution in [0.3, 0.4) is 0 Å². The Hall–Kier alpha value is -2.44. The number of rotatable bonds is 4. The third kappa shape index (κ3) is 3.48. The number of anilines is 1. The van der Waals surface area contributed by atoms with Crippen LogP contribution in [0.1, 0.15) is 41.5 Å². The number of fused-ring (bicyclic) bond motifs is 1. The second-order valence-electron chi connectivity index (χ2n) is 8.85. The lowest BCUT2D eigenvalue weighted by Gasteiger charge is -2.34. The molecule has 0 amide bonds. The van der Waals surface area contributed by atoms with Crippen molar-refractivity contribution < 1.29 is 0 Å². The lowest BCUT2D eigenvalue weighted by molar-refractivity contribution is 0.240. The summed E-state index contributed by atoms with van der Waals surface area (Å²) in [5, 5.41) is 0. The Morgan fingerprint density at radius 1 is 1.00 bits per heavy atom. The lowest BCUT2D eigenvalue weighted by atomic mass is 10.1. The number of imidazole rings is 1. The van der Waals surface area contributed by atoms with Gasteiger partial charge in [-0.3, -0.25) is 14.3 Å². The van der Waals surface area contributed by atoms with Gasteiger partial charge in [0.05, 0.1) is 17.4 Å². The van der Waals surface area contributed by atoms with Crippen molar-refractivity contribution in [2.75, 3.05) is 44.7 Å². The highest BCUT2D eigenvalue weighted by Gasteiger charge is 2.29. The molecule has 0 aromatic carbocycles. The number of aromatic nitrogens is 3. The molecule has 0 aliphatic carbocycles. The van der Waals surface area contributed by atoms with Gasteiger partial charge in [-0.15, -0.1) is 0 Å². The number of pyridine rings is 2. The van der Waals surface area contributed by atoms with E-state index in [0.717, 1.165) is 44.9 Å². The van der Waals surface area contributed by atoms with Gasteiger partial charge in [0.1, 0.15) is 11.5 Å². The smallest absolute Gasteiger partial charge is 0.138 e. The molecule has 3 aromatic rings. The molecule has 0 N–H and O–H groups in total. The minimum atomic E-state index is 0.396. The first-order chi connectivity index (χ1) is 14.6. The van der Waals surface area contributed by atoms with Gasteiger partial charge in [-0.25, -0.2) is 4.98 Å². The van der Waals surface area contributed by atoms with Crippen molar-refractivity contribution in [3.8, 4) is 0 Å². The summed E-state index contributed by atoms with van der Waals surface area (Å²) < 4.78 is 2.36. The molecule has 0 saturated carbocycles. The number of hydrogen-bond acceptors (Lipinski definition) is 5. The summed E-state index contributed by atoms with van der Waals surface area (Å²) in [6.07, 6.45) is 4.33. The number of aryl methyl sites for hydroxylation is 2. The van der Waals surface area contributed by atoms with E-state index in [1.165, 1.54) is 41.3 Å². The van der Waals surface area contributed by atoms with Crippen molar-refractivity contribution in [3.63, 3.8) is 0 Å². The van der Waals surface area contributed by atoms with Crippen LogP contribution in [0.2, 0.25) is 0 Å². The molecule has 2 aliphatic heterocycles. The maximum atomic E-state index is 5.06. The average molecular weight is 405 g/mol. The SMILES string of the molecule is Cc1cccnc1C1CCCN1Cc1nc2cccc(N3CCN(C)CC3)n2c1C. The average Bonchev–Trinajstić information content (AvgIpc) is 3.34. The molecule has 6 nitrogen and oxygen atoms in total. The van der Waals surface area contributed by atoms with Crippen LogP contribution in [-0.2, 0) is 6.54 Å². The van der Waals surface area contributed by atoms with E-state index in [1.54, 1.807) is 0 Å². The first-order valence-corrected chi connectivity index (χ1v) is 11.2. The fourth-order valence-corrected chi connectivity index (χ4v) is 5.06. The van der Waals surface area contributed by atoms with E-state index in [9.17, 15) is 0 Å². The first kappa shape index (κ1) is 19.5. The van der Waals surface area contributed by atoms with E-state index >= 15 is 0 Å². The predicted molar refractivity (Wildman–Crippen MR) is 121 cm³/mol. The van der Waals surface area contributed by atoms with Crippen LogP contribution in [0.4, 0.5) is 5.82 Å². The molecular formula is C24H32N6. The predicted octanol–water partition coefficient (Wildman–Crippen LogP) is 3.44. The molecule has 0 bridgehead atoms. The lowest BCUT2D eigenvalue weighted by Crippen LogP contribution is -2.45. The summed E-state index contributed by atoms with van der Waals surface area (Å²) in [5.74, 6) is 1.27. The van der Waals surface area contributed by atoms with Gasteiger partial charge in [0.25, 0.3) is 0 Å². The highest BCUT2D eigenvalue weighted by molar-refractivity contribution is 5.55. The third-order valence-corrected chi connectivity index (χ3v) is 6.86. The van der Waals surface area contributed by atoms with Crippen LogP contribution in [0.5, 0.6) is 0 Å². The fraction of sp³-hybridized carbons (Fsp3) is 0.500. The van der Waals surface area contributed by atoms with Crippen molar-refractivity contribution in [1.82, 2.24) is 24.2 Å². The molecule has 30 heavy (non-hydrogen) atoms. The Morgan fingerprint density at radius 2 is 1.83 bits per heavy atom. The van der Waals surface area contributed by atoms with E-state index in [1.807, 2.05) is 12.3 Å². The summed E-state index contributed by atoms with van der Waals surface area (Å²) in [4.78, 5) is 17.3. The van der Waals surface area contributed by atoms with Crippen molar-refractivity contribution >= 4 is 11.5 Å². The molecule has 1 unspecified atom stereocenters. The van der Waals surface area contributed by atoms with Crippen LogP contribution in [0.25, 0.3) is 5.65 Å². The van der Waals surface area contributed by atoms with Crippen LogP contribution < -0.4 is 4.90 Å². The zero-order valence-corrected chi connectivity index (χ0v) is 18.4. The van der Waals surface area contributed by atoms with Crippen molar-refractivity contribution in [1.29, 1.82) is 0 Å². The van der Waals surface area contributed by atoms with E-state index < -0.39 is 0 Å². The van der Waals surface area contributed by atoms with Crippen molar-refractivity contribution in [3.05, 3.63) is 59.2 Å². The van der Waals surface area contributed by atoms with Gasteiger partial charge in [0.15, 0.2) is 0 Å². The van der Waals surface area contributed by atoms with E-state index in [0.29, 0.717) is 6.04 Å². The first-order valence-electron chi connectivity index (χ1n) is 11.2. The second-order valence-corrected chi connectivity index (χ2v) is 8.85. The molecule has 2 fully saturated rings. The van der Waals surface area contributed by atoms with Crippen LogP contribution >= 0.6 is 0 Å². The molecule has 5 heterocycles. The molecule has 1 atom stereocenters. The summed E-state index contributed by atoms with van der Waals surface area (Å²) in [6.45, 7) is 10.7. The maximum absolute atomic E-state index is 5.06. The van der Waals surface area contributed by atoms with Crippen LogP contribution in [-0.4, -0.2) is 63.9 Å². The standard InChI is InChI=1S/C24H32N6/c1-18-7-5-11-25-24(18)21-8-6-12-29(21)17-20-19(2)30-22(26-20)9-4-10-23(30)28-15-13-27(3)14-16-28/h4-5,7,9-11,21H,6,8,12-17H2,1-3H3. The molecule has 6 heteroatoms. The normalized spacial score (nSPS) is 21.0. The van der Waals surface area contributed by atoms with E-state index in [2.05, 4.69) is 64.3 Å². The zero-order valence-electron chi connectivity index (χ0n) is 18.4. The zero-order chi connectivity index (χ0) is 20.7. The van der Waals surface area contributed by atoms with Crippen molar-refractivity contribution in [2.24, 2.45) is 0 Å². The summed E-state index contributed by atoms with van der Waals surface area (Å²) in [7, 11) is 2.20. The van der Waals surface area contributed by atoms with Gasteiger partial charge in [-0.2, -0.15) is 0 Å². The highest BCUT2D eigenvalue weighted by atomic mass is 15.3. The molecule has 2 aliphatic rings. The molecule has 3 aromatic heterocycles. The molecule has 158 valence electrons. The summed E-state index contributed by atoms with van der Waals surface area (Å²) in [5.41, 5.74) is 6.04. The largest absolute Gasteiger partial charge is 0.355 e. The Labute approximate surface area is 179 Å². The van der Waals surface area contributed by atoms with Gasteiger partial charge in [-0.1, -0.05) is 12.1 Å². The molecule has 5 rings (SSSR count). The monoisotopic (exact) mass is 404 g/mol. The van der Waals surface area contributed by atoms with Crippen LogP contribution in [0.15, 0.2) is 36.5 Å². The summed E-state index contributed by atoms with van der Waals surface area (Å²) >= 11 is 0. The molecule has 0 radical (unpaired) electrons. The minimum Gasteiger partial charge on any atom is -0.355 e.